The number of hydrogen-bond donors (Lipinski definition) is 0. The zero-order chi connectivity index (χ0) is 17.2. The fourth-order valence-corrected chi connectivity index (χ4v) is 5.44. The summed E-state index contributed by atoms with van der Waals surface area (Å²) in [5.74, 6) is -0.464. The first-order valence-corrected chi connectivity index (χ1v) is 9.45. The third-order valence-corrected chi connectivity index (χ3v) is 6.63. The molecule has 1 aromatic rings. The Kier molecular flexibility index (Phi) is 5.47. The standard InChI is InChI=1S/C17H25NO4S/c1-12(2)18(15-7-5-6-8-15)23(20,21)16-10-9-14(11-13(16)3)17(19)22-4/h9-12,15H,5-8H2,1-4H3. The molecule has 6 heteroatoms. The van der Waals surface area contributed by atoms with Crippen molar-refractivity contribution < 1.29 is 17.9 Å². The summed E-state index contributed by atoms with van der Waals surface area (Å²) in [5, 5.41) is 0. The van der Waals surface area contributed by atoms with E-state index in [-0.39, 0.29) is 17.0 Å². The second-order valence-electron chi connectivity index (χ2n) is 6.34. The molecule has 0 radical (unpaired) electrons. The van der Waals surface area contributed by atoms with Gasteiger partial charge in [0.05, 0.1) is 17.6 Å². The predicted octanol–water partition coefficient (Wildman–Crippen LogP) is 3.12. The number of benzene rings is 1. The van der Waals surface area contributed by atoms with E-state index in [0.29, 0.717) is 11.1 Å². The van der Waals surface area contributed by atoms with Gasteiger partial charge in [0.25, 0.3) is 0 Å². The van der Waals surface area contributed by atoms with Crippen molar-refractivity contribution in [2.24, 2.45) is 0 Å². The van der Waals surface area contributed by atoms with Gasteiger partial charge in [0.15, 0.2) is 0 Å². The molecule has 0 saturated heterocycles. The van der Waals surface area contributed by atoms with Crippen LogP contribution in [0.25, 0.3) is 0 Å². The van der Waals surface area contributed by atoms with Crippen LogP contribution >= 0.6 is 0 Å². The highest BCUT2D eigenvalue weighted by molar-refractivity contribution is 7.89. The molecule has 128 valence electrons. The highest BCUT2D eigenvalue weighted by Crippen LogP contribution is 2.31. The van der Waals surface area contributed by atoms with Crippen LogP contribution in [0.5, 0.6) is 0 Å². The molecule has 0 spiro atoms. The van der Waals surface area contributed by atoms with E-state index in [9.17, 15) is 13.2 Å². The first-order chi connectivity index (χ1) is 10.8. The number of carbonyl (C=O) groups excluding carboxylic acids is 1. The van der Waals surface area contributed by atoms with Crippen LogP contribution in [0.15, 0.2) is 23.1 Å². The summed E-state index contributed by atoms with van der Waals surface area (Å²) in [4.78, 5) is 11.9. The zero-order valence-electron chi connectivity index (χ0n) is 14.2. The van der Waals surface area contributed by atoms with Crippen molar-refractivity contribution in [2.75, 3.05) is 7.11 Å². The maximum atomic E-state index is 13.1. The van der Waals surface area contributed by atoms with Crippen molar-refractivity contribution in [3.05, 3.63) is 29.3 Å². The van der Waals surface area contributed by atoms with E-state index in [1.165, 1.54) is 19.2 Å². The monoisotopic (exact) mass is 339 g/mol. The minimum atomic E-state index is -3.58. The first kappa shape index (κ1) is 17.9. The van der Waals surface area contributed by atoms with Crippen molar-refractivity contribution in [1.82, 2.24) is 4.31 Å². The number of ether oxygens (including phenoxy) is 1. The molecule has 0 N–H and O–H groups in total. The quantitative estimate of drug-likeness (QED) is 0.773. The normalized spacial score (nSPS) is 16.3. The Morgan fingerprint density at radius 3 is 2.35 bits per heavy atom. The molecule has 1 fully saturated rings. The van der Waals surface area contributed by atoms with Crippen LogP contribution < -0.4 is 0 Å². The van der Waals surface area contributed by atoms with Crippen LogP contribution in [0.3, 0.4) is 0 Å². The second kappa shape index (κ2) is 7.01. The van der Waals surface area contributed by atoms with Crippen LogP contribution in [-0.4, -0.2) is 37.9 Å². The van der Waals surface area contributed by atoms with Crippen molar-refractivity contribution in [1.29, 1.82) is 0 Å². The van der Waals surface area contributed by atoms with Crippen LogP contribution in [0, 0.1) is 6.92 Å². The van der Waals surface area contributed by atoms with Crippen LogP contribution in [0.2, 0.25) is 0 Å². The molecule has 0 unspecified atom stereocenters. The SMILES string of the molecule is COC(=O)c1ccc(S(=O)(=O)N(C(C)C)C2CCCC2)c(C)c1. The number of rotatable bonds is 5. The lowest BCUT2D eigenvalue weighted by molar-refractivity contribution is 0.0600. The molecule has 1 aromatic carbocycles. The maximum absolute atomic E-state index is 13.1. The Balaban J connectivity index is 2.43. The third-order valence-electron chi connectivity index (χ3n) is 4.35. The molecule has 1 aliphatic carbocycles. The molecule has 0 amide bonds. The highest BCUT2D eigenvalue weighted by atomic mass is 32.2. The number of nitrogens with zero attached hydrogens (tertiary/aromatic N) is 1. The topological polar surface area (TPSA) is 63.7 Å². The Hall–Kier alpha value is -1.40. The van der Waals surface area contributed by atoms with Gasteiger partial charge in [-0.3, -0.25) is 0 Å². The summed E-state index contributed by atoms with van der Waals surface area (Å²) in [6.45, 7) is 5.54. The molecule has 23 heavy (non-hydrogen) atoms. The zero-order valence-corrected chi connectivity index (χ0v) is 15.0. The number of aryl methyl sites for hydroxylation is 1. The highest BCUT2D eigenvalue weighted by Gasteiger charge is 2.36. The van der Waals surface area contributed by atoms with Gasteiger partial charge in [-0.15, -0.1) is 0 Å². The summed E-state index contributed by atoms with van der Waals surface area (Å²) >= 11 is 0. The average Bonchev–Trinajstić information content (AvgIpc) is 2.98. The van der Waals surface area contributed by atoms with Gasteiger partial charge in [-0.05, 0) is 57.4 Å². The first-order valence-electron chi connectivity index (χ1n) is 8.01. The minimum absolute atomic E-state index is 0.0692. The molecule has 1 aliphatic rings. The summed E-state index contributed by atoms with van der Waals surface area (Å²) in [6, 6.07) is 4.58. The molecular formula is C17H25NO4S. The maximum Gasteiger partial charge on any atom is 0.337 e. The van der Waals surface area contributed by atoms with Crippen molar-refractivity contribution >= 4 is 16.0 Å². The Morgan fingerprint density at radius 2 is 1.87 bits per heavy atom. The molecule has 0 aliphatic heterocycles. The molecule has 0 aromatic heterocycles. The predicted molar refractivity (Wildman–Crippen MR) is 88.9 cm³/mol. The number of hydrogen-bond acceptors (Lipinski definition) is 4. The van der Waals surface area contributed by atoms with Gasteiger partial charge < -0.3 is 4.74 Å². The third kappa shape index (κ3) is 3.58. The van der Waals surface area contributed by atoms with Crippen molar-refractivity contribution in [3.8, 4) is 0 Å². The van der Waals surface area contributed by atoms with E-state index < -0.39 is 16.0 Å². The average molecular weight is 339 g/mol. The van der Waals surface area contributed by atoms with Crippen molar-refractivity contribution in [3.63, 3.8) is 0 Å². The van der Waals surface area contributed by atoms with E-state index in [1.54, 1.807) is 17.3 Å². The number of sulfonamides is 1. The Bertz CT molecular complexity index is 676. The molecule has 0 heterocycles. The molecule has 5 nitrogen and oxygen atoms in total. The van der Waals surface area contributed by atoms with E-state index in [2.05, 4.69) is 4.74 Å². The van der Waals surface area contributed by atoms with Gasteiger partial charge in [-0.1, -0.05) is 12.8 Å². The largest absolute Gasteiger partial charge is 0.465 e. The van der Waals surface area contributed by atoms with E-state index >= 15 is 0 Å². The fourth-order valence-electron chi connectivity index (χ4n) is 3.35. The lowest BCUT2D eigenvalue weighted by atomic mass is 10.1. The lowest BCUT2D eigenvalue weighted by Gasteiger charge is -2.32. The smallest absolute Gasteiger partial charge is 0.337 e. The van der Waals surface area contributed by atoms with Gasteiger partial charge in [-0.25, -0.2) is 13.2 Å². The van der Waals surface area contributed by atoms with Crippen LogP contribution in [-0.2, 0) is 14.8 Å². The minimum Gasteiger partial charge on any atom is -0.465 e. The van der Waals surface area contributed by atoms with E-state index in [1.807, 2.05) is 13.8 Å². The van der Waals surface area contributed by atoms with Gasteiger partial charge in [0, 0.05) is 12.1 Å². The Labute approximate surface area is 138 Å². The molecule has 0 atom stereocenters. The Morgan fingerprint density at radius 1 is 1.26 bits per heavy atom. The van der Waals surface area contributed by atoms with E-state index in [0.717, 1.165) is 25.7 Å². The van der Waals surface area contributed by atoms with E-state index in [4.69, 9.17) is 0 Å². The number of esters is 1. The number of carbonyl (C=O) groups is 1. The molecule has 0 bridgehead atoms. The van der Waals surface area contributed by atoms with Crippen LogP contribution in [0.1, 0.15) is 55.5 Å². The molecular weight excluding hydrogens is 314 g/mol. The second-order valence-corrected chi connectivity index (χ2v) is 8.15. The van der Waals surface area contributed by atoms with Gasteiger partial charge in [0.1, 0.15) is 0 Å². The van der Waals surface area contributed by atoms with Gasteiger partial charge >= 0.3 is 5.97 Å². The lowest BCUT2D eigenvalue weighted by Crippen LogP contribution is -2.43. The summed E-state index contributed by atoms with van der Waals surface area (Å²) in [6.07, 6.45) is 3.97. The molecule has 2 rings (SSSR count). The number of methoxy groups -OCH3 is 1. The fraction of sp³-hybridized carbons (Fsp3) is 0.588. The van der Waals surface area contributed by atoms with Crippen molar-refractivity contribution in [2.45, 2.75) is 63.4 Å². The van der Waals surface area contributed by atoms with Gasteiger partial charge in [0.2, 0.25) is 10.0 Å². The summed E-state index contributed by atoms with van der Waals surface area (Å²) in [7, 11) is -2.27. The van der Waals surface area contributed by atoms with Gasteiger partial charge in [-0.2, -0.15) is 4.31 Å². The summed E-state index contributed by atoms with van der Waals surface area (Å²) < 4.78 is 32.6. The summed E-state index contributed by atoms with van der Waals surface area (Å²) in [5.41, 5.74) is 0.928. The molecule has 1 saturated carbocycles. The van der Waals surface area contributed by atoms with Crippen LogP contribution in [0.4, 0.5) is 0 Å².